The molecule has 1 amide bonds. The van der Waals surface area contributed by atoms with Crippen molar-refractivity contribution in [3.05, 3.63) is 34.2 Å². The third kappa shape index (κ3) is 4.26. The van der Waals surface area contributed by atoms with Crippen molar-refractivity contribution < 1.29 is 4.79 Å². The van der Waals surface area contributed by atoms with Gasteiger partial charge >= 0.3 is 0 Å². The number of aromatic amines is 1. The van der Waals surface area contributed by atoms with Gasteiger partial charge in [-0.05, 0) is 50.1 Å². The number of amides is 1. The number of likely N-dealkylation sites (tertiary alicyclic amines) is 2. The first-order valence-electron chi connectivity index (χ1n) is 9.35. The molecule has 1 aromatic rings. The van der Waals surface area contributed by atoms with Gasteiger partial charge in [0.05, 0.1) is 0 Å². The van der Waals surface area contributed by atoms with Crippen LogP contribution in [0.2, 0.25) is 0 Å². The Balaban J connectivity index is 1.45. The van der Waals surface area contributed by atoms with E-state index < -0.39 is 0 Å². The fourth-order valence-electron chi connectivity index (χ4n) is 4.12. The third-order valence-corrected chi connectivity index (χ3v) is 5.49. The lowest BCUT2D eigenvalue weighted by Gasteiger charge is -2.37. The molecule has 1 aromatic heterocycles. The molecular formula is C19H29N3O2. The Bertz CT molecular complexity index is 584. The predicted octanol–water partition coefficient (Wildman–Crippen LogP) is 2.03. The molecule has 2 fully saturated rings. The maximum atomic E-state index is 12.0. The van der Waals surface area contributed by atoms with Crippen molar-refractivity contribution in [3.63, 3.8) is 0 Å². The molecule has 5 nitrogen and oxygen atoms in total. The van der Waals surface area contributed by atoms with Gasteiger partial charge in [0, 0.05) is 44.4 Å². The first kappa shape index (κ1) is 17.2. The van der Waals surface area contributed by atoms with Crippen molar-refractivity contribution in [1.82, 2.24) is 14.8 Å². The van der Waals surface area contributed by atoms with Crippen LogP contribution in [0.1, 0.15) is 44.6 Å². The minimum atomic E-state index is -0.0313. The minimum Gasteiger partial charge on any atom is -0.343 e. The molecule has 24 heavy (non-hydrogen) atoms. The number of rotatable bonds is 5. The average Bonchev–Trinajstić information content (AvgIpc) is 3.06. The SMILES string of the molecule is CCCC(=O)N1CCC(N2CC[C@@H](Cc3ccc(=O)[nH]c3)C2)CC1. The van der Waals surface area contributed by atoms with Gasteiger partial charge in [0.25, 0.3) is 0 Å². The third-order valence-electron chi connectivity index (χ3n) is 5.49. The average molecular weight is 331 g/mol. The summed E-state index contributed by atoms with van der Waals surface area (Å²) < 4.78 is 0. The van der Waals surface area contributed by atoms with E-state index in [9.17, 15) is 9.59 Å². The maximum Gasteiger partial charge on any atom is 0.247 e. The van der Waals surface area contributed by atoms with Crippen LogP contribution < -0.4 is 5.56 Å². The first-order valence-corrected chi connectivity index (χ1v) is 9.35. The molecule has 2 saturated heterocycles. The summed E-state index contributed by atoms with van der Waals surface area (Å²) in [5.41, 5.74) is 1.19. The summed E-state index contributed by atoms with van der Waals surface area (Å²) in [6.45, 7) is 6.22. The van der Waals surface area contributed by atoms with Gasteiger partial charge in [0.1, 0.15) is 0 Å². The summed E-state index contributed by atoms with van der Waals surface area (Å²) >= 11 is 0. The molecule has 132 valence electrons. The molecular weight excluding hydrogens is 302 g/mol. The van der Waals surface area contributed by atoms with Crippen molar-refractivity contribution in [3.8, 4) is 0 Å². The lowest BCUT2D eigenvalue weighted by atomic mass is 9.99. The van der Waals surface area contributed by atoms with E-state index in [1.807, 2.05) is 17.2 Å². The molecule has 2 aliphatic rings. The van der Waals surface area contributed by atoms with Gasteiger partial charge in [-0.1, -0.05) is 13.0 Å². The van der Waals surface area contributed by atoms with E-state index in [4.69, 9.17) is 0 Å². The van der Waals surface area contributed by atoms with Crippen LogP contribution >= 0.6 is 0 Å². The van der Waals surface area contributed by atoms with Crippen LogP contribution in [-0.2, 0) is 11.2 Å². The summed E-state index contributed by atoms with van der Waals surface area (Å²) in [5.74, 6) is 1.00. The summed E-state index contributed by atoms with van der Waals surface area (Å²) in [7, 11) is 0. The van der Waals surface area contributed by atoms with E-state index >= 15 is 0 Å². The highest BCUT2D eigenvalue weighted by molar-refractivity contribution is 5.76. The van der Waals surface area contributed by atoms with Crippen LogP contribution in [0.3, 0.4) is 0 Å². The molecule has 0 spiro atoms. The molecule has 3 heterocycles. The second-order valence-electron chi connectivity index (χ2n) is 7.28. The Hall–Kier alpha value is -1.62. The molecule has 1 atom stereocenters. The normalized spacial score (nSPS) is 22.9. The number of pyridine rings is 1. The highest BCUT2D eigenvalue weighted by Gasteiger charge is 2.31. The number of hydrogen-bond acceptors (Lipinski definition) is 3. The molecule has 0 aliphatic carbocycles. The van der Waals surface area contributed by atoms with Gasteiger partial charge in [0.2, 0.25) is 11.5 Å². The summed E-state index contributed by atoms with van der Waals surface area (Å²) in [6, 6.07) is 4.20. The topological polar surface area (TPSA) is 56.4 Å². The van der Waals surface area contributed by atoms with Gasteiger partial charge in [-0.3, -0.25) is 14.5 Å². The van der Waals surface area contributed by atoms with Crippen LogP contribution in [-0.4, -0.2) is 52.9 Å². The molecule has 0 aromatic carbocycles. The quantitative estimate of drug-likeness (QED) is 0.898. The number of nitrogens with zero attached hydrogens (tertiary/aromatic N) is 2. The van der Waals surface area contributed by atoms with E-state index in [1.54, 1.807) is 6.07 Å². The van der Waals surface area contributed by atoms with Crippen molar-refractivity contribution in [2.75, 3.05) is 26.2 Å². The monoisotopic (exact) mass is 331 g/mol. The fourth-order valence-corrected chi connectivity index (χ4v) is 4.12. The number of nitrogens with one attached hydrogen (secondary N) is 1. The molecule has 5 heteroatoms. The zero-order chi connectivity index (χ0) is 16.9. The molecule has 0 saturated carbocycles. The van der Waals surface area contributed by atoms with Gasteiger partial charge in [-0.2, -0.15) is 0 Å². The van der Waals surface area contributed by atoms with E-state index in [0.29, 0.717) is 24.3 Å². The summed E-state index contributed by atoms with van der Waals surface area (Å²) in [6.07, 6.45) is 7.98. The van der Waals surface area contributed by atoms with Crippen LogP contribution in [0.5, 0.6) is 0 Å². The number of H-pyrrole nitrogens is 1. The van der Waals surface area contributed by atoms with Crippen molar-refractivity contribution >= 4 is 5.91 Å². The van der Waals surface area contributed by atoms with E-state index in [-0.39, 0.29) is 5.56 Å². The van der Waals surface area contributed by atoms with E-state index in [0.717, 1.165) is 45.3 Å². The van der Waals surface area contributed by atoms with Crippen molar-refractivity contribution in [2.24, 2.45) is 5.92 Å². The van der Waals surface area contributed by atoms with Crippen LogP contribution in [0.15, 0.2) is 23.1 Å². The largest absolute Gasteiger partial charge is 0.343 e. The van der Waals surface area contributed by atoms with Gasteiger partial charge in [-0.15, -0.1) is 0 Å². The van der Waals surface area contributed by atoms with Gasteiger partial charge in [-0.25, -0.2) is 0 Å². The zero-order valence-corrected chi connectivity index (χ0v) is 14.7. The lowest BCUT2D eigenvalue weighted by Crippen LogP contribution is -2.46. The van der Waals surface area contributed by atoms with Crippen LogP contribution in [0, 0.1) is 5.92 Å². The second kappa shape index (κ2) is 7.97. The highest BCUT2D eigenvalue weighted by atomic mass is 16.2. The Morgan fingerprint density at radius 2 is 2.00 bits per heavy atom. The van der Waals surface area contributed by atoms with Crippen LogP contribution in [0.25, 0.3) is 0 Å². The smallest absolute Gasteiger partial charge is 0.247 e. The van der Waals surface area contributed by atoms with Crippen molar-refractivity contribution in [1.29, 1.82) is 0 Å². The van der Waals surface area contributed by atoms with Crippen LogP contribution in [0.4, 0.5) is 0 Å². The summed E-state index contributed by atoms with van der Waals surface area (Å²) in [5, 5.41) is 0. The zero-order valence-electron chi connectivity index (χ0n) is 14.7. The van der Waals surface area contributed by atoms with Gasteiger partial charge < -0.3 is 9.88 Å². The Morgan fingerprint density at radius 3 is 2.67 bits per heavy atom. The lowest BCUT2D eigenvalue weighted by molar-refractivity contribution is -0.132. The number of aromatic nitrogens is 1. The summed E-state index contributed by atoms with van der Waals surface area (Å²) in [4.78, 5) is 30.6. The molecule has 0 bridgehead atoms. The standard InChI is InChI=1S/C19H29N3O2/c1-2-3-19(24)21-10-7-17(8-11-21)22-9-6-16(14-22)12-15-4-5-18(23)20-13-15/h4-5,13,16-17H,2-3,6-12,14H2,1H3,(H,20,23)/t16-/m0/s1. The molecule has 0 unspecified atom stereocenters. The van der Waals surface area contributed by atoms with Gasteiger partial charge in [0.15, 0.2) is 0 Å². The molecule has 3 rings (SSSR count). The minimum absolute atomic E-state index is 0.0313. The number of carbonyl (C=O) groups excluding carboxylic acids is 1. The predicted molar refractivity (Wildman–Crippen MR) is 95.0 cm³/mol. The Labute approximate surface area is 144 Å². The maximum absolute atomic E-state index is 12.0. The Morgan fingerprint density at radius 1 is 1.21 bits per heavy atom. The van der Waals surface area contributed by atoms with Crippen molar-refractivity contribution in [2.45, 2.75) is 51.5 Å². The Kier molecular flexibility index (Phi) is 5.72. The molecule has 0 radical (unpaired) electrons. The molecule has 2 aliphatic heterocycles. The fraction of sp³-hybridized carbons (Fsp3) is 0.684. The number of carbonyl (C=O) groups is 1. The second-order valence-corrected chi connectivity index (χ2v) is 7.28. The highest BCUT2D eigenvalue weighted by Crippen LogP contribution is 2.26. The van der Waals surface area contributed by atoms with E-state index in [2.05, 4.69) is 16.8 Å². The number of piperidine rings is 1. The first-order chi connectivity index (χ1) is 11.7. The van der Waals surface area contributed by atoms with E-state index in [1.165, 1.54) is 18.5 Å². The molecule has 1 N–H and O–H groups in total. The number of hydrogen-bond donors (Lipinski definition) is 1.